The number of nitrogens with one attached hydrogen (secondary N) is 1. The molecule has 1 aromatic carbocycles. The third-order valence-corrected chi connectivity index (χ3v) is 6.37. The molecule has 3 rings (SSSR count). The van der Waals surface area contributed by atoms with Crippen LogP contribution in [0, 0.1) is 0 Å². The maximum Gasteiger partial charge on any atom is 0.354 e. The summed E-state index contributed by atoms with van der Waals surface area (Å²) >= 11 is 3.73. The van der Waals surface area contributed by atoms with E-state index < -0.39 is 12.0 Å². The number of hydrogen-bond acceptors (Lipinski definition) is 5. The monoisotopic (exact) mass is 472 g/mol. The van der Waals surface area contributed by atoms with Gasteiger partial charge >= 0.3 is 5.97 Å². The number of ether oxygens (including phenoxy) is 1. The highest BCUT2D eigenvalue weighted by molar-refractivity contribution is 14.1. The van der Waals surface area contributed by atoms with E-state index in [1.807, 2.05) is 30.3 Å². The molecular formula is C17H17IN2O4S. The van der Waals surface area contributed by atoms with Crippen molar-refractivity contribution >= 4 is 52.1 Å². The van der Waals surface area contributed by atoms with Gasteiger partial charge in [-0.25, -0.2) is 4.79 Å². The smallest absolute Gasteiger partial charge is 0.354 e. The van der Waals surface area contributed by atoms with E-state index in [0.29, 0.717) is 15.9 Å². The first-order valence-corrected chi connectivity index (χ1v) is 10.3. The zero-order chi connectivity index (χ0) is 18.0. The first-order valence-electron chi connectivity index (χ1n) is 7.71. The second-order valence-corrected chi connectivity index (χ2v) is 7.56. The quantitative estimate of drug-likeness (QED) is 0.304. The van der Waals surface area contributed by atoms with Crippen LogP contribution in [0.15, 0.2) is 41.6 Å². The summed E-state index contributed by atoms with van der Waals surface area (Å²) in [6.07, 6.45) is 0.223. The molecule has 0 aliphatic carbocycles. The van der Waals surface area contributed by atoms with Crippen LogP contribution in [0.2, 0.25) is 0 Å². The van der Waals surface area contributed by atoms with Gasteiger partial charge in [-0.2, -0.15) is 0 Å². The number of hydrogen-bond donors (Lipinski definition) is 1. The normalized spacial score (nSPS) is 22.2. The van der Waals surface area contributed by atoms with Gasteiger partial charge in [0.1, 0.15) is 17.1 Å². The van der Waals surface area contributed by atoms with Crippen molar-refractivity contribution in [1.82, 2.24) is 10.2 Å². The molecule has 1 aromatic rings. The number of rotatable bonds is 5. The lowest BCUT2D eigenvalue weighted by molar-refractivity contribution is -0.151. The van der Waals surface area contributed by atoms with Gasteiger partial charge in [-0.05, 0) is 11.1 Å². The molecule has 2 aliphatic heterocycles. The Kier molecular flexibility index (Phi) is 5.67. The van der Waals surface area contributed by atoms with E-state index in [1.165, 1.54) is 12.0 Å². The summed E-state index contributed by atoms with van der Waals surface area (Å²) in [6.45, 7) is 0. The first kappa shape index (κ1) is 18.2. The summed E-state index contributed by atoms with van der Waals surface area (Å²) in [7, 11) is 1.31. The molecule has 2 atom stereocenters. The van der Waals surface area contributed by atoms with Gasteiger partial charge < -0.3 is 10.1 Å². The number of methoxy groups -OCH3 is 1. The van der Waals surface area contributed by atoms with Crippen LogP contribution in [0.5, 0.6) is 0 Å². The van der Waals surface area contributed by atoms with E-state index in [-0.39, 0.29) is 23.6 Å². The minimum absolute atomic E-state index is 0.201. The van der Waals surface area contributed by atoms with Crippen LogP contribution in [0.3, 0.4) is 0 Å². The zero-order valence-corrected chi connectivity index (χ0v) is 16.5. The van der Waals surface area contributed by atoms with E-state index in [1.54, 1.807) is 11.8 Å². The Balaban J connectivity index is 1.70. The van der Waals surface area contributed by atoms with Crippen molar-refractivity contribution in [2.24, 2.45) is 0 Å². The average molecular weight is 472 g/mol. The van der Waals surface area contributed by atoms with Crippen LogP contribution in [0.1, 0.15) is 5.56 Å². The molecular weight excluding hydrogens is 455 g/mol. The van der Waals surface area contributed by atoms with Crippen molar-refractivity contribution in [2.45, 2.75) is 17.8 Å². The largest absolute Gasteiger partial charge is 0.464 e. The number of halogens is 1. The summed E-state index contributed by atoms with van der Waals surface area (Å²) in [4.78, 5) is 38.3. The van der Waals surface area contributed by atoms with E-state index in [2.05, 4.69) is 27.9 Å². The Morgan fingerprint density at radius 1 is 1.36 bits per heavy atom. The second kappa shape index (κ2) is 7.77. The molecule has 132 valence electrons. The molecule has 1 saturated heterocycles. The fraction of sp³-hybridized carbons (Fsp3) is 0.353. The van der Waals surface area contributed by atoms with Crippen molar-refractivity contribution in [3.63, 3.8) is 0 Å². The van der Waals surface area contributed by atoms with Gasteiger partial charge in [0.15, 0.2) is 0 Å². The van der Waals surface area contributed by atoms with Gasteiger partial charge in [-0.15, -0.1) is 11.8 Å². The Morgan fingerprint density at radius 3 is 2.72 bits per heavy atom. The van der Waals surface area contributed by atoms with Crippen LogP contribution >= 0.6 is 34.4 Å². The number of carbonyl (C=O) groups excluding carboxylic acids is 3. The third-order valence-electron chi connectivity index (χ3n) is 4.11. The zero-order valence-electron chi connectivity index (χ0n) is 13.5. The van der Waals surface area contributed by atoms with Crippen molar-refractivity contribution < 1.29 is 19.1 Å². The first-order chi connectivity index (χ1) is 12.1. The van der Waals surface area contributed by atoms with Crippen molar-refractivity contribution in [1.29, 1.82) is 0 Å². The van der Waals surface area contributed by atoms with Crippen LogP contribution in [0.4, 0.5) is 0 Å². The molecule has 6 nitrogen and oxygen atoms in total. The summed E-state index contributed by atoms with van der Waals surface area (Å²) in [5.41, 5.74) is 2.11. The second-order valence-electron chi connectivity index (χ2n) is 5.69. The third kappa shape index (κ3) is 3.55. The average Bonchev–Trinajstić information content (AvgIpc) is 2.64. The highest BCUT2D eigenvalue weighted by atomic mass is 127. The number of β-lactam (4-membered cyclic amide) rings is 1. The SMILES string of the molecule is COC(=O)C1=C(CI)CS[C@@H]2[C@H](NC(=O)Cc3ccccc3)C(=O)N12. The van der Waals surface area contributed by atoms with Crippen LogP contribution in [-0.2, 0) is 25.5 Å². The van der Waals surface area contributed by atoms with Crippen molar-refractivity contribution in [3.05, 3.63) is 47.2 Å². The predicted molar refractivity (Wildman–Crippen MR) is 103 cm³/mol. The summed E-state index contributed by atoms with van der Waals surface area (Å²) < 4.78 is 5.48. The highest BCUT2D eigenvalue weighted by Gasteiger charge is 2.54. The van der Waals surface area contributed by atoms with E-state index in [0.717, 1.165) is 11.1 Å². The summed E-state index contributed by atoms with van der Waals surface area (Å²) in [6, 6.07) is 8.77. The summed E-state index contributed by atoms with van der Waals surface area (Å²) in [5.74, 6) is -0.318. The molecule has 0 aromatic heterocycles. The molecule has 0 unspecified atom stereocenters. The molecule has 8 heteroatoms. The van der Waals surface area contributed by atoms with Gasteiger partial charge in [0.05, 0.1) is 13.5 Å². The van der Waals surface area contributed by atoms with Gasteiger partial charge in [0.2, 0.25) is 5.91 Å². The fourth-order valence-corrected chi connectivity index (χ4v) is 5.22. The summed E-state index contributed by atoms with van der Waals surface area (Å²) in [5, 5.41) is 2.54. The lowest BCUT2D eigenvalue weighted by atomic mass is 10.0. The van der Waals surface area contributed by atoms with E-state index >= 15 is 0 Å². The molecule has 1 fully saturated rings. The topological polar surface area (TPSA) is 75.7 Å². The molecule has 0 bridgehead atoms. The minimum Gasteiger partial charge on any atom is -0.464 e. The van der Waals surface area contributed by atoms with Crippen LogP contribution in [-0.4, -0.2) is 51.4 Å². The minimum atomic E-state index is -0.600. The number of benzene rings is 1. The Hall–Kier alpha value is -1.55. The van der Waals surface area contributed by atoms with Gasteiger partial charge in [0, 0.05) is 10.2 Å². The number of esters is 1. The number of alkyl halides is 1. The highest BCUT2D eigenvalue weighted by Crippen LogP contribution is 2.41. The van der Waals surface area contributed by atoms with Gasteiger partial charge in [0.25, 0.3) is 5.91 Å². The molecule has 1 N–H and O–H groups in total. The maximum absolute atomic E-state index is 12.5. The number of nitrogens with zero attached hydrogens (tertiary/aromatic N) is 1. The molecule has 25 heavy (non-hydrogen) atoms. The molecule has 2 heterocycles. The lowest BCUT2D eigenvalue weighted by Crippen LogP contribution is -2.70. The van der Waals surface area contributed by atoms with Crippen molar-refractivity contribution in [3.8, 4) is 0 Å². The van der Waals surface area contributed by atoms with E-state index in [4.69, 9.17) is 4.74 Å². The fourth-order valence-electron chi connectivity index (χ4n) is 2.88. The van der Waals surface area contributed by atoms with Gasteiger partial charge in [-0.3, -0.25) is 14.5 Å². The predicted octanol–water partition coefficient (Wildman–Crippen LogP) is 1.49. The van der Waals surface area contributed by atoms with Crippen LogP contribution < -0.4 is 5.32 Å². The molecule has 2 amide bonds. The number of thioether (sulfide) groups is 1. The number of fused-ring (bicyclic) bond motifs is 1. The van der Waals surface area contributed by atoms with Crippen LogP contribution in [0.25, 0.3) is 0 Å². The maximum atomic E-state index is 12.5. The molecule has 0 saturated carbocycles. The molecule has 0 radical (unpaired) electrons. The van der Waals surface area contributed by atoms with E-state index in [9.17, 15) is 14.4 Å². The van der Waals surface area contributed by atoms with Crippen molar-refractivity contribution in [2.75, 3.05) is 17.3 Å². The Labute approximate surface area is 163 Å². The molecule has 0 spiro atoms. The Morgan fingerprint density at radius 2 is 2.08 bits per heavy atom. The lowest BCUT2D eigenvalue weighted by Gasteiger charge is -2.49. The van der Waals surface area contributed by atoms with Gasteiger partial charge in [-0.1, -0.05) is 52.9 Å². The number of amides is 2. The standard InChI is InChI=1S/C17H17IN2O4S/c1-24-17(23)14-11(8-18)9-25-16-13(15(22)20(14)16)19-12(21)7-10-5-3-2-4-6-10/h2-6,13,16H,7-9H2,1H3,(H,19,21)/t13-,16-/m1/s1. The Bertz CT molecular complexity index is 737. The number of carbonyl (C=O) groups is 3. The molecule has 2 aliphatic rings.